The standard InChI is InChI=1S/C22H26N6O3/c29-15-21-19(25-22(30)20-13-23-9-10-24-20)7-6-18(31-21)8-11-28-14-17(26-27-28)12-16-4-2-1-3-5-16/h1-5,9-10,13-14,18-19,21,29H,6-8,11-12,15H2,(H,25,30)/t18-,19+,21+/m1/s1. The Morgan fingerprint density at radius 1 is 1.23 bits per heavy atom. The van der Waals surface area contributed by atoms with Gasteiger partial charge < -0.3 is 15.2 Å². The summed E-state index contributed by atoms with van der Waals surface area (Å²) in [5, 5.41) is 21.1. The van der Waals surface area contributed by atoms with Gasteiger partial charge in [0.05, 0.1) is 30.6 Å². The van der Waals surface area contributed by atoms with E-state index in [9.17, 15) is 9.90 Å². The van der Waals surface area contributed by atoms with Crippen molar-refractivity contribution in [2.45, 2.75) is 50.5 Å². The van der Waals surface area contributed by atoms with Crippen molar-refractivity contribution in [1.82, 2.24) is 30.3 Å². The summed E-state index contributed by atoms with van der Waals surface area (Å²) in [5.74, 6) is -0.313. The minimum Gasteiger partial charge on any atom is -0.394 e. The second-order valence-electron chi connectivity index (χ2n) is 7.65. The van der Waals surface area contributed by atoms with Crippen molar-refractivity contribution in [3.05, 3.63) is 72.1 Å². The predicted molar refractivity (Wildman–Crippen MR) is 112 cm³/mol. The summed E-state index contributed by atoms with van der Waals surface area (Å²) < 4.78 is 7.88. The van der Waals surface area contributed by atoms with Crippen molar-refractivity contribution >= 4 is 5.91 Å². The predicted octanol–water partition coefficient (Wildman–Crippen LogP) is 1.39. The quantitative estimate of drug-likeness (QED) is 0.564. The molecule has 3 atom stereocenters. The topological polar surface area (TPSA) is 115 Å². The van der Waals surface area contributed by atoms with Gasteiger partial charge >= 0.3 is 0 Å². The molecule has 31 heavy (non-hydrogen) atoms. The lowest BCUT2D eigenvalue weighted by Crippen LogP contribution is -2.51. The number of hydrogen-bond acceptors (Lipinski definition) is 7. The smallest absolute Gasteiger partial charge is 0.271 e. The Morgan fingerprint density at radius 3 is 2.87 bits per heavy atom. The summed E-state index contributed by atoms with van der Waals surface area (Å²) in [6, 6.07) is 9.91. The molecule has 9 nitrogen and oxygen atoms in total. The lowest BCUT2D eigenvalue weighted by molar-refractivity contribution is -0.0912. The average Bonchev–Trinajstić information content (AvgIpc) is 3.26. The normalized spacial score (nSPS) is 21.0. The van der Waals surface area contributed by atoms with Crippen molar-refractivity contribution < 1.29 is 14.6 Å². The third kappa shape index (κ3) is 5.71. The van der Waals surface area contributed by atoms with E-state index in [1.165, 1.54) is 24.2 Å². The fourth-order valence-corrected chi connectivity index (χ4v) is 3.78. The maximum Gasteiger partial charge on any atom is 0.271 e. The van der Waals surface area contributed by atoms with Gasteiger partial charge in [0, 0.05) is 31.6 Å². The molecular formula is C22H26N6O3. The lowest BCUT2D eigenvalue weighted by atomic mass is 9.97. The Kier molecular flexibility index (Phi) is 6.96. The Hall–Kier alpha value is -3.17. The molecule has 0 unspecified atom stereocenters. The summed E-state index contributed by atoms with van der Waals surface area (Å²) in [7, 11) is 0. The van der Waals surface area contributed by atoms with E-state index in [1.54, 1.807) is 0 Å². The fourth-order valence-electron chi connectivity index (χ4n) is 3.78. The molecule has 3 heterocycles. The van der Waals surface area contributed by atoms with Crippen LogP contribution in [0.25, 0.3) is 0 Å². The molecule has 1 aliphatic heterocycles. The third-order valence-corrected chi connectivity index (χ3v) is 5.40. The van der Waals surface area contributed by atoms with E-state index in [4.69, 9.17) is 4.74 Å². The molecule has 1 saturated heterocycles. The molecule has 0 saturated carbocycles. The van der Waals surface area contributed by atoms with Gasteiger partial charge in [-0.15, -0.1) is 5.10 Å². The van der Waals surface area contributed by atoms with Crippen LogP contribution in [0.3, 0.4) is 0 Å². The summed E-state index contributed by atoms with van der Waals surface area (Å²) in [6.07, 6.45) is 8.92. The van der Waals surface area contributed by atoms with Crippen LogP contribution in [-0.2, 0) is 17.7 Å². The molecule has 0 radical (unpaired) electrons. The van der Waals surface area contributed by atoms with Crippen LogP contribution >= 0.6 is 0 Å². The monoisotopic (exact) mass is 422 g/mol. The fraction of sp³-hybridized carbons (Fsp3) is 0.409. The number of aliphatic hydroxyl groups is 1. The number of hydrogen-bond donors (Lipinski definition) is 2. The number of amides is 1. The molecule has 4 rings (SSSR count). The molecule has 2 N–H and O–H groups in total. The molecular weight excluding hydrogens is 396 g/mol. The van der Waals surface area contributed by atoms with E-state index >= 15 is 0 Å². The Morgan fingerprint density at radius 2 is 2.10 bits per heavy atom. The van der Waals surface area contributed by atoms with Crippen LogP contribution in [0.5, 0.6) is 0 Å². The number of carbonyl (C=O) groups excluding carboxylic acids is 1. The first kappa shape index (κ1) is 21.1. The molecule has 0 aliphatic carbocycles. The lowest BCUT2D eigenvalue weighted by Gasteiger charge is -2.36. The maximum absolute atomic E-state index is 12.3. The minimum absolute atomic E-state index is 0.0106. The Bertz CT molecular complexity index is 966. The van der Waals surface area contributed by atoms with E-state index in [-0.39, 0.29) is 30.4 Å². The number of carbonyl (C=O) groups is 1. The van der Waals surface area contributed by atoms with Crippen molar-refractivity contribution in [2.75, 3.05) is 6.61 Å². The molecule has 162 valence electrons. The van der Waals surface area contributed by atoms with Crippen LogP contribution in [-0.4, -0.2) is 60.8 Å². The molecule has 0 bridgehead atoms. The van der Waals surface area contributed by atoms with Crippen molar-refractivity contribution in [3.63, 3.8) is 0 Å². The van der Waals surface area contributed by atoms with Crippen LogP contribution in [0.4, 0.5) is 0 Å². The molecule has 3 aromatic rings. The van der Waals surface area contributed by atoms with Crippen LogP contribution in [0.15, 0.2) is 55.1 Å². The van der Waals surface area contributed by atoms with Gasteiger partial charge in [-0.3, -0.25) is 14.5 Å². The van der Waals surface area contributed by atoms with E-state index in [1.807, 2.05) is 29.1 Å². The highest BCUT2D eigenvalue weighted by Gasteiger charge is 2.32. The number of aliphatic hydroxyl groups excluding tert-OH is 1. The number of aryl methyl sites for hydroxylation is 1. The second-order valence-corrected chi connectivity index (χ2v) is 7.65. The molecule has 0 spiro atoms. The van der Waals surface area contributed by atoms with E-state index in [2.05, 4.69) is 37.7 Å². The van der Waals surface area contributed by atoms with Crippen LogP contribution in [0.1, 0.15) is 41.0 Å². The number of aromatic nitrogens is 5. The number of benzene rings is 1. The van der Waals surface area contributed by atoms with Crippen LogP contribution in [0.2, 0.25) is 0 Å². The van der Waals surface area contributed by atoms with Crippen LogP contribution in [0, 0.1) is 0 Å². The zero-order chi connectivity index (χ0) is 21.5. The van der Waals surface area contributed by atoms with Gasteiger partial charge in [-0.1, -0.05) is 35.5 Å². The van der Waals surface area contributed by atoms with Gasteiger partial charge in [0.25, 0.3) is 5.91 Å². The molecule has 1 fully saturated rings. The van der Waals surface area contributed by atoms with Gasteiger partial charge in [-0.2, -0.15) is 0 Å². The Balaban J connectivity index is 1.26. The van der Waals surface area contributed by atoms with Crippen molar-refractivity contribution in [1.29, 1.82) is 0 Å². The van der Waals surface area contributed by atoms with Gasteiger partial charge in [0.15, 0.2) is 0 Å². The molecule has 9 heteroatoms. The van der Waals surface area contributed by atoms with Crippen LogP contribution < -0.4 is 5.32 Å². The van der Waals surface area contributed by atoms with Crippen molar-refractivity contribution in [3.8, 4) is 0 Å². The largest absolute Gasteiger partial charge is 0.394 e. The summed E-state index contributed by atoms with van der Waals surface area (Å²) >= 11 is 0. The molecule has 2 aromatic heterocycles. The summed E-state index contributed by atoms with van der Waals surface area (Å²) in [4.78, 5) is 20.2. The molecule has 1 amide bonds. The number of ether oxygens (including phenoxy) is 1. The molecule has 1 aromatic carbocycles. The van der Waals surface area contributed by atoms with E-state index in [0.717, 1.165) is 31.4 Å². The maximum atomic E-state index is 12.3. The van der Waals surface area contributed by atoms with E-state index < -0.39 is 6.10 Å². The van der Waals surface area contributed by atoms with Crippen molar-refractivity contribution in [2.24, 2.45) is 0 Å². The Labute approximate surface area is 180 Å². The average molecular weight is 422 g/mol. The summed E-state index contributed by atoms with van der Waals surface area (Å²) in [6.45, 7) is 0.522. The zero-order valence-corrected chi connectivity index (χ0v) is 17.2. The van der Waals surface area contributed by atoms with E-state index in [0.29, 0.717) is 6.54 Å². The van der Waals surface area contributed by atoms with Gasteiger partial charge in [0.1, 0.15) is 11.8 Å². The molecule has 1 aliphatic rings. The first-order valence-corrected chi connectivity index (χ1v) is 10.5. The highest BCUT2D eigenvalue weighted by Crippen LogP contribution is 2.22. The summed E-state index contributed by atoms with van der Waals surface area (Å²) in [5.41, 5.74) is 2.38. The third-order valence-electron chi connectivity index (χ3n) is 5.40. The van der Waals surface area contributed by atoms with Gasteiger partial charge in [-0.05, 0) is 24.8 Å². The highest BCUT2D eigenvalue weighted by atomic mass is 16.5. The second kappa shape index (κ2) is 10.2. The minimum atomic E-state index is -0.455. The van der Waals surface area contributed by atoms with Gasteiger partial charge in [-0.25, -0.2) is 4.98 Å². The SMILES string of the molecule is O=C(N[C@H]1CC[C@H](CCn2cc(Cc3ccccc3)nn2)O[C@H]1CO)c1cnccn1. The number of nitrogens with zero attached hydrogens (tertiary/aromatic N) is 5. The number of rotatable bonds is 8. The zero-order valence-electron chi connectivity index (χ0n) is 17.2. The number of nitrogens with one attached hydrogen (secondary N) is 1. The first-order valence-electron chi connectivity index (χ1n) is 10.5. The van der Waals surface area contributed by atoms with Gasteiger partial charge in [0.2, 0.25) is 0 Å². The first-order chi connectivity index (χ1) is 15.2. The highest BCUT2D eigenvalue weighted by molar-refractivity contribution is 5.92.